The first kappa shape index (κ1) is 19.2. The summed E-state index contributed by atoms with van der Waals surface area (Å²) in [6.07, 6.45) is 3.61. The number of nitrogens with zero attached hydrogens (tertiary/aromatic N) is 4. The largest absolute Gasteiger partial charge is 0.324 e. The van der Waals surface area contributed by atoms with Crippen LogP contribution in [0.3, 0.4) is 0 Å². The number of carbonyl (C=O) groups is 1. The van der Waals surface area contributed by atoms with Gasteiger partial charge in [-0.3, -0.25) is 0 Å². The molecule has 2 heterocycles. The smallest absolute Gasteiger partial charge is 0.321 e. The summed E-state index contributed by atoms with van der Waals surface area (Å²) in [6.45, 7) is 6.42. The van der Waals surface area contributed by atoms with Gasteiger partial charge >= 0.3 is 6.03 Å². The highest BCUT2D eigenvalue weighted by atomic mass is 16.2. The summed E-state index contributed by atoms with van der Waals surface area (Å²) in [5.74, 6) is 1.38. The zero-order chi connectivity index (χ0) is 20.2. The van der Waals surface area contributed by atoms with Gasteiger partial charge in [0.25, 0.3) is 0 Å². The molecule has 0 spiro atoms. The Hall–Kier alpha value is -3.15. The average Bonchev–Trinajstić information content (AvgIpc) is 3.36. The molecule has 1 saturated heterocycles. The molecule has 150 valence electrons. The van der Waals surface area contributed by atoms with Crippen LogP contribution in [0.25, 0.3) is 0 Å². The standard InChI is InChI=1S/C23H27N5O/c1-17-8-9-21(12-18(17)2)25-23(29)27-11-10-20(15-27)13-22-26-24-16-28(22)14-19-6-4-3-5-7-19/h3-9,12,16,20H,10-11,13-15H2,1-2H3,(H,25,29). The number of likely N-dealkylation sites (tertiary alicyclic amines) is 1. The molecule has 0 saturated carbocycles. The van der Waals surface area contributed by atoms with E-state index in [1.807, 2.05) is 41.3 Å². The first-order valence-electron chi connectivity index (χ1n) is 10.1. The number of hydrogen-bond donors (Lipinski definition) is 1. The Kier molecular flexibility index (Phi) is 5.60. The highest BCUT2D eigenvalue weighted by molar-refractivity contribution is 5.89. The number of rotatable bonds is 5. The van der Waals surface area contributed by atoms with Crippen molar-refractivity contribution in [2.75, 3.05) is 18.4 Å². The van der Waals surface area contributed by atoms with Crippen molar-refractivity contribution in [2.24, 2.45) is 5.92 Å². The van der Waals surface area contributed by atoms with Gasteiger partial charge in [0.2, 0.25) is 0 Å². The molecular weight excluding hydrogens is 362 g/mol. The minimum atomic E-state index is -0.0264. The Morgan fingerprint density at radius 1 is 1.14 bits per heavy atom. The van der Waals surface area contributed by atoms with Crippen LogP contribution in [0.4, 0.5) is 10.5 Å². The van der Waals surface area contributed by atoms with Crippen LogP contribution in [0.5, 0.6) is 0 Å². The summed E-state index contributed by atoms with van der Waals surface area (Å²) in [7, 11) is 0. The number of carbonyl (C=O) groups excluding carboxylic acids is 1. The van der Waals surface area contributed by atoms with Crippen molar-refractivity contribution in [2.45, 2.75) is 33.2 Å². The van der Waals surface area contributed by atoms with Crippen LogP contribution in [0.2, 0.25) is 0 Å². The summed E-state index contributed by atoms with van der Waals surface area (Å²) in [5, 5.41) is 11.5. The van der Waals surface area contributed by atoms with Crippen LogP contribution < -0.4 is 5.32 Å². The maximum atomic E-state index is 12.6. The molecule has 1 N–H and O–H groups in total. The summed E-state index contributed by atoms with van der Waals surface area (Å²) >= 11 is 0. The van der Waals surface area contributed by atoms with Gasteiger partial charge in [-0.25, -0.2) is 4.79 Å². The third kappa shape index (κ3) is 4.65. The highest BCUT2D eigenvalue weighted by Gasteiger charge is 2.27. The van der Waals surface area contributed by atoms with Gasteiger partial charge in [0.15, 0.2) is 0 Å². The first-order valence-corrected chi connectivity index (χ1v) is 10.1. The van der Waals surface area contributed by atoms with Gasteiger partial charge < -0.3 is 14.8 Å². The van der Waals surface area contributed by atoms with Crippen molar-refractivity contribution < 1.29 is 4.79 Å². The van der Waals surface area contributed by atoms with E-state index < -0.39 is 0 Å². The maximum absolute atomic E-state index is 12.6. The summed E-state index contributed by atoms with van der Waals surface area (Å²) < 4.78 is 2.10. The van der Waals surface area contributed by atoms with E-state index in [0.717, 1.165) is 44.0 Å². The number of amides is 2. The van der Waals surface area contributed by atoms with E-state index in [0.29, 0.717) is 5.92 Å². The SMILES string of the molecule is Cc1ccc(NC(=O)N2CCC(Cc3nncn3Cc3ccccc3)C2)cc1C. The van der Waals surface area contributed by atoms with E-state index >= 15 is 0 Å². The van der Waals surface area contributed by atoms with Crippen molar-refractivity contribution in [3.05, 3.63) is 77.4 Å². The van der Waals surface area contributed by atoms with Gasteiger partial charge in [0, 0.05) is 25.2 Å². The van der Waals surface area contributed by atoms with E-state index in [-0.39, 0.29) is 6.03 Å². The minimum absolute atomic E-state index is 0.0264. The van der Waals surface area contributed by atoms with Crippen molar-refractivity contribution in [1.82, 2.24) is 19.7 Å². The Morgan fingerprint density at radius 3 is 2.76 bits per heavy atom. The topological polar surface area (TPSA) is 63.1 Å². The Morgan fingerprint density at radius 2 is 1.97 bits per heavy atom. The molecule has 2 amide bonds. The van der Waals surface area contributed by atoms with Crippen LogP contribution in [0, 0.1) is 19.8 Å². The quantitative estimate of drug-likeness (QED) is 0.716. The Bertz CT molecular complexity index is 982. The molecule has 1 aliphatic rings. The molecule has 0 radical (unpaired) electrons. The lowest BCUT2D eigenvalue weighted by molar-refractivity contribution is 0.220. The average molecular weight is 390 g/mol. The fourth-order valence-electron chi connectivity index (χ4n) is 3.81. The van der Waals surface area contributed by atoms with Gasteiger partial charge in [-0.1, -0.05) is 36.4 Å². The Labute approximate surface area is 171 Å². The highest BCUT2D eigenvalue weighted by Crippen LogP contribution is 2.22. The molecule has 1 unspecified atom stereocenters. The molecule has 1 aromatic heterocycles. The predicted molar refractivity (Wildman–Crippen MR) is 114 cm³/mol. The lowest BCUT2D eigenvalue weighted by Gasteiger charge is -2.18. The predicted octanol–water partition coefficient (Wildman–Crippen LogP) is 4.04. The van der Waals surface area contributed by atoms with Gasteiger partial charge in [0.05, 0.1) is 6.54 Å². The van der Waals surface area contributed by atoms with Gasteiger partial charge in [-0.2, -0.15) is 0 Å². The lowest BCUT2D eigenvalue weighted by atomic mass is 10.0. The van der Waals surface area contributed by atoms with E-state index in [4.69, 9.17) is 0 Å². The number of aromatic nitrogens is 3. The minimum Gasteiger partial charge on any atom is -0.324 e. The normalized spacial score (nSPS) is 16.2. The molecule has 29 heavy (non-hydrogen) atoms. The second-order valence-electron chi connectivity index (χ2n) is 7.89. The van der Waals surface area contributed by atoms with Crippen molar-refractivity contribution in [3.8, 4) is 0 Å². The van der Waals surface area contributed by atoms with E-state index in [2.05, 4.69) is 46.1 Å². The number of anilines is 1. The molecule has 0 aliphatic carbocycles. The summed E-state index contributed by atoms with van der Waals surface area (Å²) in [4.78, 5) is 14.5. The molecule has 6 heteroatoms. The molecule has 0 bridgehead atoms. The fourth-order valence-corrected chi connectivity index (χ4v) is 3.81. The monoisotopic (exact) mass is 389 g/mol. The lowest BCUT2D eigenvalue weighted by Crippen LogP contribution is -2.33. The van der Waals surface area contributed by atoms with Crippen LogP contribution in [-0.4, -0.2) is 38.8 Å². The zero-order valence-corrected chi connectivity index (χ0v) is 17.0. The number of nitrogens with one attached hydrogen (secondary N) is 1. The third-order valence-electron chi connectivity index (χ3n) is 5.69. The maximum Gasteiger partial charge on any atom is 0.321 e. The van der Waals surface area contributed by atoms with Crippen LogP contribution >= 0.6 is 0 Å². The zero-order valence-electron chi connectivity index (χ0n) is 17.0. The van der Waals surface area contributed by atoms with Crippen molar-refractivity contribution in [1.29, 1.82) is 0 Å². The summed E-state index contributed by atoms with van der Waals surface area (Å²) in [6, 6.07) is 16.3. The summed E-state index contributed by atoms with van der Waals surface area (Å²) in [5.41, 5.74) is 4.49. The van der Waals surface area contributed by atoms with Crippen LogP contribution in [0.15, 0.2) is 54.9 Å². The van der Waals surface area contributed by atoms with Crippen LogP contribution in [0.1, 0.15) is 28.9 Å². The molecule has 1 fully saturated rings. The van der Waals surface area contributed by atoms with Crippen molar-refractivity contribution >= 4 is 11.7 Å². The number of benzene rings is 2. The number of hydrogen-bond acceptors (Lipinski definition) is 3. The molecule has 1 aliphatic heterocycles. The first-order chi connectivity index (χ1) is 14.1. The molecule has 4 rings (SSSR count). The molecule has 3 aromatic rings. The molecule has 1 atom stereocenters. The number of urea groups is 1. The Balaban J connectivity index is 1.34. The van der Waals surface area contributed by atoms with E-state index in [9.17, 15) is 4.79 Å². The molecular formula is C23H27N5O. The van der Waals surface area contributed by atoms with Crippen molar-refractivity contribution in [3.63, 3.8) is 0 Å². The second kappa shape index (κ2) is 8.47. The van der Waals surface area contributed by atoms with E-state index in [1.54, 1.807) is 6.33 Å². The van der Waals surface area contributed by atoms with E-state index in [1.165, 1.54) is 16.7 Å². The fraction of sp³-hybridized carbons (Fsp3) is 0.348. The van der Waals surface area contributed by atoms with Gasteiger partial charge in [0.1, 0.15) is 12.2 Å². The molecule has 6 nitrogen and oxygen atoms in total. The van der Waals surface area contributed by atoms with Crippen LogP contribution in [-0.2, 0) is 13.0 Å². The number of aryl methyl sites for hydroxylation is 2. The second-order valence-corrected chi connectivity index (χ2v) is 7.89. The third-order valence-corrected chi connectivity index (χ3v) is 5.69. The van der Waals surface area contributed by atoms with Gasteiger partial charge in [-0.15, -0.1) is 10.2 Å². The molecule has 2 aromatic carbocycles. The van der Waals surface area contributed by atoms with Gasteiger partial charge in [-0.05, 0) is 55.0 Å².